The third-order valence-corrected chi connectivity index (χ3v) is 4.69. The van der Waals surface area contributed by atoms with Gasteiger partial charge in [0, 0.05) is 11.1 Å². The molecule has 2 aromatic carbocycles. The van der Waals surface area contributed by atoms with Crippen LogP contribution in [0.15, 0.2) is 36.4 Å². The lowest BCUT2D eigenvalue weighted by atomic mass is 9.98. The van der Waals surface area contributed by atoms with Gasteiger partial charge in [0.15, 0.2) is 0 Å². The number of nitrogen functional groups attached to an aromatic ring is 2. The standard InChI is InChI=1S/C20H10F12N4/c21-17(22,23)9-1-7(2-10(5-9)18(24,25)26)14-13(33)15(36-16(34)35-14)8-3-11(19(27,28)29)6-12(4-8)20(30,31)32/h1-6H,33H2,(H2,34,35,36). The van der Waals surface area contributed by atoms with E-state index in [1.165, 1.54) is 0 Å². The highest BCUT2D eigenvalue weighted by Gasteiger charge is 2.39. The highest BCUT2D eigenvalue weighted by atomic mass is 19.4. The van der Waals surface area contributed by atoms with Crippen LogP contribution in [0, 0.1) is 0 Å². The third-order valence-electron chi connectivity index (χ3n) is 4.69. The summed E-state index contributed by atoms with van der Waals surface area (Å²) in [5.74, 6) is -0.897. The lowest BCUT2D eigenvalue weighted by Crippen LogP contribution is -2.13. The summed E-state index contributed by atoms with van der Waals surface area (Å²) < 4.78 is 159. The Morgan fingerprint density at radius 1 is 0.444 bits per heavy atom. The first kappa shape index (κ1) is 26.9. The minimum absolute atomic E-state index is 0.201. The van der Waals surface area contributed by atoms with Crippen molar-refractivity contribution in [2.45, 2.75) is 24.7 Å². The highest BCUT2D eigenvalue weighted by molar-refractivity contribution is 5.86. The van der Waals surface area contributed by atoms with Crippen LogP contribution in [0.3, 0.4) is 0 Å². The maximum absolute atomic E-state index is 13.2. The second-order valence-electron chi connectivity index (χ2n) is 7.28. The Bertz CT molecular complexity index is 1140. The van der Waals surface area contributed by atoms with E-state index in [0.717, 1.165) is 0 Å². The number of benzene rings is 2. The number of anilines is 2. The van der Waals surface area contributed by atoms with Crippen molar-refractivity contribution in [3.63, 3.8) is 0 Å². The molecule has 194 valence electrons. The molecule has 3 rings (SSSR count). The van der Waals surface area contributed by atoms with Gasteiger partial charge in [0.1, 0.15) is 0 Å². The van der Waals surface area contributed by atoms with Crippen molar-refractivity contribution < 1.29 is 52.7 Å². The molecule has 0 aliphatic carbocycles. The Balaban J connectivity index is 2.35. The fourth-order valence-electron chi connectivity index (χ4n) is 3.11. The van der Waals surface area contributed by atoms with Crippen molar-refractivity contribution in [1.82, 2.24) is 9.97 Å². The topological polar surface area (TPSA) is 77.8 Å². The van der Waals surface area contributed by atoms with Gasteiger partial charge in [-0.1, -0.05) is 0 Å². The van der Waals surface area contributed by atoms with Gasteiger partial charge in [0.05, 0.1) is 39.3 Å². The lowest BCUT2D eigenvalue weighted by molar-refractivity contribution is -0.144. The molecule has 0 saturated carbocycles. The number of nitrogens with zero attached hydrogens (tertiary/aromatic N) is 2. The van der Waals surface area contributed by atoms with Gasteiger partial charge in [-0.3, -0.25) is 0 Å². The molecule has 0 unspecified atom stereocenters. The molecule has 0 aliphatic rings. The fourth-order valence-corrected chi connectivity index (χ4v) is 3.11. The summed E-state index contributed by atoms with van der Waals surface area (Å²) in [5, 5.41) is 0. The number of rotatable bonds is 2. The van der Waals surface area contributed by atoms with Gasteiger partial charge in [0.25, 0.3) is 0 Å². The molecule has 36 heavy (non-hydrogen) atoms. The van der Waals surface area contributed by atoms with Crippen LogP contribution in [0.5, 0.6) is 0 Å². The van der Waals surface area contributed by atoms with Gasteiger partial charge in [0.2, 0.25) is 5.95 Å². The zero-order valence-corrected chi connectivity index (χ0v) is 17.0. The summed E-state index contributed by atoms with van der Waals surface area (Å²) in [5.41, 5.74) is -0.399. The van der Waals surface area contributed by atoms with Crippen molar-refractivity contribution in [3.8, 4) is 22.5 Å². The Morgan fingerprint density at radius 2 is 0.694 bits per heavy atom. The van der Waals surface area contributed by atoms with Gasteiger partial charge in [-0.25, -0.2) is 9.97 Å². The molecule has 1 aromatic heterocycles. The zero-order valence-electron chi connectivity index (χ0n) is 17.0. The Hall–Kier alpha value is -3.72. The summed E-state index contributed by atoms with van der Waals surface area (Å²) in [4.78, 5) is 6.96. The molecule has 4 N–H and O–H groups in total. The molecule has 16 heteroatoms. The number of hydrogen-bond donors (Lipinski definition) is 2. The molecule has 4 nitrogen and oxygen atoms in total. The monoisotopic (exact) mass is 534 g/mol. The second kappa shape index (κ2) is 8.44. The van der Waals surface area contributed by atoms with Crippen LogP contribution in [-0.4, -0.2) is 9.97 Å². The number of nitrogens with two attached hydrogens (primary N) is 2. The molecule has 1 heterocycles. The Labute approximate surface area is 192 Å². The van der Waals surface area contributed by atoms with E-state index < -0.39 is 81.1 Å². The average Bonchev–Trinajstić information content (AvgIpc) is 2.72. The molecule has 0 aliphatic heterocycles. The van der Waals surface area contributed by atoms with Gasteiger partial charge in [-0.05, 0) is 36.4 Å². The van der Waals surface area contributed by atoms with E-state index >= 15 is 0 Å². The molecule has 0 atom stereocenters. The highest BCUT2D eigenvalue weighted by Crippen LogP contribution is 2.43. The normalized spacial score (nSPS) is 13.2. The smallest absolute Gasteiger partial charge is 0.395 e. The van der Waals surface area contributed by atoms with E-state index in [-0.39, 0.29) is 36.4 Å². The second-order valence-corrected chi connectivity index (χ2v) is 7.28. The van der Waals surface area contributed by atoms with Crippen LogP contribution < -0.4 is 11.5 Å². The van der Waals surface area contributed by atoms with Gasteiger partial charge in [-0.2, -0.15) is 52.7 Å². The first-order valence-corrected chi connectivity index (χ1v) is 9.20. The van der Waals surface area contributed by atoms with Crippen molar-refractivity contribution in [2.75, 3.05) is 11.5 Å². The Kier molecular flexibility index (Phi) is 6.30. The van der Waals surface area contributed by atoms with E-state index in [4.69, 9.17) is 11.5 Å². The van der Waals surface area contributed by atoms with Crippen LogP contribution in [0.25, 0.3) is 22.5 Å². The minimum Gasteiger partial charge on any atom is -0.395 e. The molecule has 0 spiro atoms. The van der Waals surface area contributed by atoms with Crippen molar-refractivity contribution in [3.05, 3.63) is 58.7 Å². The van der Waals surface area contributed by atoms with E-state index in [9.17, 15) is 52.7 Å². The van der Waals surface area contributed by atoms with Crippen molar-refractivity contribution in [2.24, 2.45) is 0 Å². The molecule has 0 radical (unpaired) electrons. The summed E-state index contributed by atoms with van der Waals surface area (Å²) in [6, 6.07) is 0.449. The zero-order chi connectivity index (χ0) is 27.4. The van der Waals surface area contributed by atoms with Crippen LogP contribution in [0.4, 0.5) is 64.3 Å². The first-order chi connectivity index (χ1) is 16.2. The van der Waals surface area contributed by atoms with E-state index in [1.807, 2.05) is 0 Å². The summed E-state index contributed by atoms with van der Waals surface area (Å²) in [6.07, 6.45) is -21.1. The Morgan fingerprint density at radius 3 is 0.917 bits per heavy atom. The lowest BCUT2D eigenvalue weighted by Gasteiger charge is -2.17. The van der Waals surface area contributed by atoms with Crippen LogP contribution in [0.1, 0.15) is 22.3 Å². The van der Waals surface area contributed by atoms with E-state index in [0.29, 0.717) is 0 Å². The third kappa shape index (κ3) is 5.57. The average molecular weight is 534 g/mol. The van der Waals surface area contributed by atoms with E-state index in [1.54, 1.807) is 0 Å². The van der Waals surface area contributed by atoms with Crippen LogP contribution in [-0.2, 0) is 24.7 Å². The SMILES string of the molecule is Nc1nc(-c2cc(C(F)(F)F)cc(C(F)(F)F)c2)c(N)c(-c2cc(C(F)(F)F)cc(C(F)(F)F)c2)n1. The maximum Gasteiger partial charge on any atom is 0.416 e. The summed E-state index contributed by atoms with van der Waals surface area (Å²) >= 11 is 0. The minimum atomic E-state index is -5.27. The quantitative estimate of drug-likeness (QED) is 0.346. The molecular formula is C20H10F12N4. The van der Waals surface area contributed by atoms with Gasteiger partial charge >= 0.3 is 24.7 Å². The van der Waals surface area contributed by atoms with Crippen LogP contribution in [0.2, 0.25) is 0 Å². The number of alkyl halides is 12. The van der Waals surface area contributed by atoms with E-state index in [2.05, 4.69) is 9.97 Å². The first-order valence-electron chi connectivity index (χ1n) is 9.20. The predicted octanol–water partition coefficient (Wildman–Crippen LogP) is 7.05. The summed E-state index contributed by atoms with van der Waals surface area (Å²) in [7, 11) is 0. The number of hydrogen-bond acceptors (Lipinski definition) is 4. The molecular weight excluding hydrogens is 524 g/mol. The molecule has 0 fully saturated rings. The van der Waals surface area contributed by atoms with Crippen LogP contribution >= 0.6 is 0 Å². The largest absolute Gasteiger partial charge is 0.416 e. The van der Waals surface area contributed by atoms with Crippen molar-refractivity contribution in [1.29, 1.82) is 0 Å². The molecule has 0 amide bonds. The summed E-state index contributed by atoms with van der Waals surface area (Å²) in [6.45, 7) is 0. The number of aromatic nitrogens is 2. The van der Waals surface area contributed by atoms with Crippen molar-refractivity contribution >= 4 is 11.6 Å². The van der Waals surface area contributed by atoms with Gasteiger partial charge in [-0.15, -0.1) is 0 Å². The molecule has 0 bridgehead atoms. The molecule has 3 aromatic rings. The maximum atomic E-state index is 13.2. The number of halogens is 12. The van der Waals surface area contributed by atoms with Gasteiger partial charge < -0.3 is 11.5 Å². The fraction of sp³-hybridized carbons (Fsp3) is 0.200. The molecule has 0 saturated heterocycles. The predicted molar refractivity (Wildman–Crippen MR) is 102 cm³/mol.